The molecule has 0 aromatic heterocycles. The van der Waals surface area contributed by atoms with E-state index in [4.69, 9.17) is 0 Å². The number of piperidine rings is 1. The van der Waals surface area contributed by atoms with Crippen LogP contribution in [0.2, 0.25) is 0 Å². The lowest BCUT2D eigenvalue weighted by atomic mass is 9.77. The van der Waals surface area contributed by atoms with E-state index in [9.17, 15) is 15.0 Å². The first kappa shape index (κ1) is 14.7. The van der Waals surface area contributed by atoms with E-state index in [1.165, 1.54) is 18.2 Å². The van der Waals surface area contributed by atoms with Gasteiger partial charge >= 0.3 is 0 Å². The Morgan fingerprint density at radius 2 is 2.20 bits per heavy atom. The van der Waals surface area contributed by atoms with E-state index in [2.05, 4.69) is 24.5 Å². The summed E-state index contributed by atoms with van der Waals surface area (Å²) in [6.45, 7) is 5.83. The highest BCUT2D eigenvalue weighted by atomic mass is 16.3. The van der Waals surface area contributed by atoms with Crippen molar-refractivity contribution >= 4 is 5.91 Å². The van der Waals surface area contributed by atoms with E-state index < -0.39 is 0 Å². The van der Waals surface area contributed by atoms with Crippen molar-refractivity contribution in [1.29, 1.82) is 0 Å². The third kappa shape index (κ3) is 3.22. The number of phenolic OH excluding ortho intramolecular Hbond substituents is 2. The van der Waals surface area contributed by atoms with E-state index >= 15 is 0 Å². The van der Waals surface area contributed by atoms with Crippen LogP contribution < -0.4 is 10.6 Å². The van der Waals surface area contributed by atoms with Crippen LogP contribution in [-0.2, 0) is 0 Å². The second kappa shape index (κ2) is 5.71. The molecule has 4 N–H and O–H groups in total. The molecule has 1 heterocycles. The molecule has 0 radical (unpaired) electrons. The largest absolute Gasteiger partial charge is 0.508 e. The summed E-state index contributed by atoms with van der Waals surface area (Å²) in [5, 5.41) is 25.3. The molecule has 0 saturated carbocycles. The van der Waals surface area contributed by atoms with Gasteiger partial charge in [0.25, 0.3) is 5.91 Å². The highest BCUT2D eigenvalue weighted by Gasteiger charge is 2.32. The summed E-state index contributed by atoms with van der Waals surface area (Å²) in [6, 6.07) is 4.13. The van der Waals surface area contributed by atoms with Crippen LogP contribution in [0.5, 0.6) is 11.5 Å². The molecule has 1 aliphatic rings. The number of amides is 1. The molecule has 2 rings (SSSR count). The Hall–Kier alpha value is -1.75. The van der Waals surface area contributed by atoms with Gasteiger partial charge in [0.1, 0.15) is 11.5 Å². The summed E-state index contributed by atoms with van der Waals surface area (Å²) in [7, 11) is 0. The molecular formula is C15H22N2O3. The van der Waals surface area contributed by atoms with Crippen molar-refractivity contribution in [3.05, 3.63) is 23.8 Å². The topological polar surface area (TPSA) is 81.6 Å². The van der Waals surface area contributed by atoms with E-state index in [0.717, 1.165) is 19.4 Å². The van der Waals surface area contributed by atoms with Gasteiger partial charge in [-0.2, -0.15) is 0 Å². The van der Waals surface area contributed by atoms with Crippen LogP contribution in [0, 0.1) is 5.41 Å². The lowest BCUT2D eigenvalue weighted by Crippen LogP contribution is -2.52. The molecule has 1 amide bonds. The fraction of sp³-hybridized carbons (Fsp3) is 0.533. The Bertz CT molecular complexity index is 500. The normalized spacial score (nSPS) is 21.4. The Labute approximate surface area is 119 Å². The van der Waals surface area contributed by atoms with Crippen LogP contribution in [0.4, 0.5) is 0 Å². The minimum Gasteiger partial charge on any atom is -0.508 e. The number of carbonyl (C=O) groups is 1. The summed E-state index contributed by atoms with van der Waals surface area (Å²) < 4.78 is 0. The highest BCUT2D eigenvalue weighted by molar-refractivity contribution is 5.97. The standard InChI is InChI=1S/C15H22N2O3/c1-15(2)6-3-7-16-13(15)9-17-14(20)11-8-10(18)4-5-12(11)19/h4-5,8,13,16,18-19H,3,6-7,9H2,1-2H3,(H,17,20). The van der Waals surface area contributed by atoms with Crippen molar-refractivity contribution in [1.82, 2.24) is 10.6 Å². The number of phenols is 2. The summed E-state index contributed by atoms with van der Waals surface area (Å²) >= 11 is 0. The van der Waals surface area contributed by atoms with Gasteiger partial charge in [-0.15, -0.1) is 0 Å². The SMILES string of the molecule is CC1(C)CCCNC1CNC(=O)c1cc(O)ccc1O. The van der Waals surface area contributed by atoms with Crippen LogP contribution in [0.1, 0.15) is 37.0 Å². The maximum atomic E-state index is 12.1. The van der Waals surface area contributed by atoms with Gasteiger partial charge < -0.3 is 20.8 Å². The van der Waals surface area contributed by atoms with Gasteiger partial charge in [0.15, 0.2) is 0 Å². The van der Waals surface area contributed by atoms with Crippen molar-refractivity contribution in [3.63, 3.8) is 0 Å². The maximum absolute atomic E-state index is 12.1. The molecule has 1 aliphatic heterocycles. The maximum Gasteiger partial charge on any atom is 0.255 e. The number of benzene rings is 1. The first-order chi connectivity index (χ1) is 9.40. The smallest absolute Gasteiger partial charge is 0.255 e. The van der Waals surface area contributed by atoms with E-state index in [-0.39, 0.29) is 34.4 Å². The van der Waals surface area contributed by atoms with Crippen molar-refractivity contribution in [2.24, 2.45) is 5.41 Å². The molecule has 20 heavy (non-hydrogen) atoms. The molecule has 0 bridgehead atoms. The van der Waals surface area contributed by atoms with Gasteiger partial charge in [0, 0.05) is 12.6 Å². The Balaban J connectivity index is 2.00. The Kier molecular flexibility index (Phi) is 4.18. The van der Waals surface area contributed by atoms with E-state index in [1.807, 2.05) is 0 Å². The average Bonchev–Trinajstić information content (AvgIpc) is 2.39. The summed E-state index contributed by atoms with van der Waals surface area (Å²) in [6.07, 6.45) is 2.27. The van der Waals surface area contributed by atoms with E-state index in [0.29, 0.717) is 6.54 Å². The third-order valence-electron chi connectivity index (χ3n) is 4.02. The average molecular weight is 278 g/mol. The zero-order valence-corrected chi connectivity index (χ0v) is 11.9. The molecule has 5 heteroatoms. The van der Waals surface area contributed by atoms with Gasteiger partial charge in [-0.05, 0) is 43.0 Å². The molecule has 1 atom stereocenters. The van der Waals surface area contributed by atoms with E-state index in [1.54, 1.807) is 0 Å². The van der Waals surface area contributed by atoms with Gasteiger partial charge in [-0.25, -0.2) is 0 Å². The Morgan fingerprint density at radius 3 is 2.90 bits per heavy atom. The van der Waals surface area contributed by atoms with Crippen molar-refractivity contribution in [3.8, 4) is 11.5 Å². The summed E-state index contributed by atoms with van der Waals surface area (Å²) in [5.74, 6) is -0.540. The first-order valence-electron chi connectivity index (χ1n) is 6.94. The zero-order chi connectivity index (χ0) is 14.8. The molecule has 0 spiro atoms. The van der Waals surface area contributed by atoms with Crippen LogP contribution in [0.3, 0.4) is 0 Å². The fourth-order valence-corrected chi connectivity index (χ4v) is 2.62. The molecular weight excluding hydrogens is 256 g/mol. The number of nitrogens with one attached hydrogen (secondary N) is 2. The van der Waals surface area contributed by atoms with Crippen LogP contribution >= 0.6 is 0 Å². The van der Waals surface area contributed by atoms with Gasteiger partial charge in [0.2, 0.25) is 0 Å². The van der Waals surface area contributed by atoms with Crippen molar-refractivity contribution in [2.45, 2.75) is 32.7 Å². The fourth-order valence-electron chi connectivity index (χ4n) is 2.62. The molecule has 1 aromatic rings. The first-order valence-corrected chi connectivity index (χ1v) is 6.94. The van der Waals surface area contributed by atoms with Gasteiger partial charge in [0.05, 0.1) is 5.56 Å². The minimum absolute atomic E-state index is 0.0379. The predicted octanol–water partition coefficient (Wildman–Crippen LogP) is 1.61. The second-order valence-electron chi connectivity index (χ2n) is 6.01. The molecule has 1 unspecified atom stereocenters. The Morgan fingerprint density at radius 1 is 1.45 bits per heavy atom. The van der Waals surface area contributed by atoms with Crippen molar-refractivity contribution < 1.29 is 15.0 Å². The number of hydrogen-bond acceptors (Lipinski definition) is 4. The van der Waals surface area contributed by atoms with Gasteiger partial charge in [-0.3, -0.25) is 4.79 Å². The predicted molar refractivity (Wildman–Crippen MR) is 76.9 cm³/mol. The molecule has 1 aromatic carbocycles. The highest BCUT2D eigenvalue weighted by Crippen LogP contribution is 2.29. The number of rotatable bonds is 3. The van der Waals surface area contributed by atoms with Gasteiger partial charge in [-0.1, -0.05) is 13.8 Å². The lowest BCUT2D eigenvalue weighted by molar-refractivity contribution is 0.0926. The molecule has 0 aliphatic carbocycles. The zero-order valence-electron chi connectivity index (χ0n) is 11.9. The molecule has 110 valence electrons. The van der Waals surface area contributed by atoms with Crippen LogP contribution in [0.25, 0.3) is 0 Å². The third-order valence-corrected chi connectivity index (χ3v) is 4.02. The van der Waals surface area contributed by atoms with Crippen LogP contribution in [-0.4, -0.2) is 35.3 Å². The van der Waals surface area contributed by atoms with Crippen LogP contribution in [0.15, 0.2) is 18.2 Å². The second-order valence-corrected chi connectivity index (χ2v) is 6.01. The number of aromatic hydroxyl groups is 2. The minimum atomic E-state index is -0.374. The summed E-state index contributed by atoms with van der Waals surface area (Å²) in [4.78, 5) is 12.1. The quantitative estimate of drug-likeness (QED) is 0.633. The number of carbonyl (C=O) groups excluding carboxylic acids is 1. The molecule has 5 nitrogen and oxygen atoms in total. The molecule has 1 fully saturated rings. The lowest BCUT2D eigenvalue weighted by Gasteiger charge is -2.39. The van der Waals surface area contributed by atoms with Crippen molar-refractivity contribution in [2.75, 3.05) is 13.1 Å². The number of hydrogen-bond donors (Lipinski definition) is 4. The summed E-state index contributed by atoms with van der Waals surface area (Å²) in [5.41, 5.74) is 0.227. The molecule has 1 saturated heterocycles. The monoisotopic (exact) mass is 278 g/mol.